The summed E-state index contributed by atoms with van der Waals surface area (Å²) in [4.78, 5) is 48.2. The van der Waals surface area contributed by atoms with Crippen LogP contribution in [0.4, 0.5) is 11.4 Å². The topological polar surface area (TPSA) is 90.4 Å². The molecule has 6 rings (SSSR count). The number of halogens is 1. The van der Waals surface area contributed by atoms with Gasteiger partial charge in [-0.05, 0) is 42.3 Å². The fourth-order valence-electron chi connectivity index (χ4n) is 6.94. The van der Waals surface area contributed by atoms with Crippen molar-refractivity contribution in [3.63, 3.8) is 0 Å². The van der Waals surface area contributed by atoms with Gasteiger partial charge in [0.2, 0.25) is 11.8 Å². The van der Waals surface area contributed by atoms with Gasteiger partial charge in [0, 0.05) is 29.5 Å². The second-order valence-electron chi connectivity index (χ2n) is 11.3. The Bertz CT molecular complexity index is 1400. The van der Waals surface area contributed by atoms with E-state index in [1.807, 2.05) is 68.5 Å². The summed E-state index contributed by atoms with van der Waals surface area (Å²) in [6.45, 7) is 4.26. The van der Waals surface area contributed by atoms with Crippen molar-refractivity contribution in [3.8, 4) is 0 Å². The minimum absolute atomic E-state index is 0.0924. The van der Waals surface area contributed by atoms with E-state index in [9.17, 15) is 19.5 Å². The maximum atomic E-state index is 14.6. The molecule has 9 heteroatoms. The van der Waals surface area contributed by atoms with Crippen LogP contribution in [0, 0.1) is 17.8 Å². The lowest BCUT2D eigenvalue weighted by Crippen LogP contribution is -2.59. The summed E-state index contributed by atoms with van der Waals surface area (Å²) in [5, 5.41) is 11.1. The van der Waals surface area contributed by atoms with Crippen LogP contribution in [0.3, 0.4) is 0 Å². The van der Waals surface area contributed by atoms with Gasteiger partial charge in [-0.2, -0.15) is 0 Å². The number of likely N-dealkylation sites (tertiary alicyclic amines) is 1. The maximum absolute atomic E-state index is 14.6. The van der Waals surface area contributed by atoms with Gasteiger partial charge < -0.3 is 24.5 Å². The third-order valence-corrected chi connectivity index (χ3v) is 9.40. The first kappa shape index (κ1) is 27.7. The zero-order chi connectivity index (χ0) is 28.9. The number of aliphatic hydroxyl groups is 1. The monoisotopic (exact) mass is 575 g/mol. The predicted molar refractivity (Wildman–Crippen MR) is 156 cm³/mol. The number of para-hydroxylation sites is 1. The molecule has 0 saturated carbocycles. The number of carbonyl (C=O) groups is 3. The normalized spacial score (nSPS) is 30.5. The third kappa shape index (κ3) is 4.31. The van der Waals surface area contributed by atoms with Crippen molar-refractivity contribution in [1.29, 1.82) is 0 Å². The number of anilines is 2. The minimum Gasteiger partial charge on any atom is -0.394 e. The number of aliphatic hydroxyl groups excluding tert-OH is 1. The first-order valence-corrected chi connectivity index (χ1v) is 14.6. The Balaban J connectivity index is 1.48. The van der Waals surface area contributed by atoms with Crippen LogP contribution in [-0.4, -0.2) is 71.2 Å². The molecule has 2 fully saturated rings. The van der Waals surface area contributed by atoms with Gasteiger partial charge >= 0.3 is 0 Å². The zero-order valence-electron chi connectivity index (χ0n) is 23.1. The summed E-state index contributed by atoms with van der Waals surface area (Å²) in [7, 11) is 0. The van der Waals surface area contributed by atoms with Crippen LogP contribution in [-0.2, 0) is 19.1 Å². The predicted octanol–water partition coefficient (Wildman–Crippen LogP) is 3.83. The van der Waals surface area contributed by atoms with Gasteiger partial charge in [-0.25, -0.2) is 0 Å². The van der Waals surface area contributed by atoms with E-state index in [2.05, 4.69) is 0 Å². The number of amides is 3. The van der Waals surface area contributed by atoms with Crippen LogP contribution in [0.2, 0.25) is 5.02 Å². The van der Waals surface area contributed by atoms with Crippen molar-refractivity contribution >= 4 is 40.7 Å². The highest BCUT2D eigenvalue weighted by molar-refractivity contribution is 6.30. The summed E-state index contributed by atoms with van der Waals surface area (Å²) in [5.74, 6) is -2.72. The standard InChI is InChI=1S/C32H34ClN3O5/c1-3-20(2)24(19-37)36-28-31(40)35(23-14-12-21(33)13-15-23)18-8-16-32(28)27(30(36)39)26-25(41-32)11-7-17-34(29(26)38)22-9-5-4-6-10-22/h4-16,20,24-28,37H,3,17-19H2,1-2H3/t20-,24-,25+,26-,27-,28?,32-/m0/s1. The number of hydrogen-bond acceptors (Lipinski definition) is 5. The van der Waals surface area contributed by atoms with E-state index in [-0.39, 0.29) is 36.8 Å². The van der Waals surface area contributed by atoms with Crippen LogP contribution in [0.25, 0.3) is 0 Å². The van der Waals surface area contributed by atoms with E-state index in [1.165, 1.54) is 4.90 Å². The van der Waals surface area contributed by atoms with E-state index in [0.29, 0.717) is 23.7 Å². The average Bonchev–Trinajstić information content (AvgIpc) is 3.30. The number of benzene rings is 2. The molecule has 41 heavy (non-hydrogen) atoms. The summed E-state index contributed by atoms with van der Waals surface area (Å²) in [6.07, 6.45) is 7.43. The first-order chi connectivity index (χ1) is 19.8. The Morgan fingerprint density at radius 2 is 1.61 bits per heavy atom. The lowest BCUT2D eigenvalue weighted by atomic mass is 9.77. The highest BCUT2D eigenvalue weighted by atomic mass is 35.5. The largest absolute Gasteiger partial charge is 0.394 e. The SMILES string of the molecule is CC[C@H](C)[C@H](CO)N1C(=O)[C@@H]2[C@H]3C(=O)N(c4ccccc4)CC=C[C@H]3O[C@@]23C=CCN(c2ccc(Cl)cc2)C(=O)C13. The number of ether oxygens (including phenoxy) is 1. The molecule has 2 aromatic rings. The Morgan fingerprint density at radius 1 is 0.951 bits per heavy atom. The second-order valence-corrected chi connectivity index (χ2v) is 11.7. The number of hydrogen-bond donors (Lipinski definition) is 1. The van der Waals surface area contributed by atoms with Gasteiger partial charge in [-0.1, -0.05) is 74.4 Å². The van der Waals surface area contributed by atoms with E-state index in [4.69, 9.17) is 16.3 Å². The molecular weight excluding hydrogens is 542 g/mol. The highest BCUT2D eigenvalue weighted by Crippen LogP contribution is 2.54. The fraction of sp³-hybridized carbons (Fsp3) is 0.406. The van der Waals surface area contributed by atoms with Crippen LogP contribution in [0.15, 0.2) is 78.9 Å². The van der Waals surface area contributed by atoms with Crippen LogP contribution >= 0.6 is 11.6 Å². The fourth-order valence-corrected chi connectivity index (χ4v) is 7.07. The van der Waals surface area contributed by atoms with Crippen LogP contribution < -0.4 is 9.80 Å². The molecule has 8 nitrogen and oxygen atoms in total. The Morgan fingerprint density at radius 3 is 2.29 bits per heavy atom. The number of nitrogens with zero attached hydrogens (tertiary/aromatic N) is 3. The molecule has 3 amide bonds. The number of carbonyl (C=O) groups excluding carboxylic acids is 3. The van der Waals surface area contributed by atoms with Gasteiger partial charge in [0.05, 0.1) is 30.6 Å². The molecule has 1 spiro atoms. The third-order valence-electron chi connectivity index (χ3n) is 9.15. The van der Waals surface area contributed by atoms with E-state index < -0.39 is 35.6 Å². The first-order valence-electron chi connectivity index (χ1n) is 14.2. The van der Waals surface area contributed by atoms with Gasteiger partial charge in [0.25, 0.3) is 5.91 Å². The molecule has 0 radical (unpaired) electrons. The minimum atomic E-state index is -1.37. The molecule has 1 unspecified atom stereocenters. The van der Waals surface area contributed by atoms with Crippen molar-refractivity contribution in [2.24, 2.45) is 17.8 Å². The van der Waals surface area contributed by atoms with Crippen molar-refractivity contribution in [2.45, 2.75) is 44.1 Å². The van der Waals surface area contributed by atoms with Crippen molar-refractivity contribution in [3.05, 3.63) is 83.9 Å². The molecule has 2 aromatic carbocycles. The second kappa shape index (κ2) is 10.7. The Hall–Kier alpha value is -3.46. The molecule has 2 saturated heterocycles. The van der Waals surface area contributed by atoms with E-state index in [1.54, 1.807) is 34.1 Å². The molecule has 0 aliphatic carbocycles. The summed E-state index contributed by atoms with van der Waals surface area (Å²) < 4.78 is 6.74. The highest BCUT2D eigenvalue weighted by Gasteiger charge is 2.72. The molecule has 4 aliphatic rings. The quantitative estimate of drug-likeness (QED) is 0.529. The van der Waals surface area contributed by atoms with Crippen molar-refractivity contribution in [2.75, 3.05) is 29.5 Å². The summed E-state index contributed by atoms with van der Waals surface area (Å²) in [6, 6.07) is 14.7. The molecular formula is C32H34ClN3O5. The maximum Gasteiger partial charge on any atom is 0.253 e. The Kier molecular flexibility index (Phi) is 7.26. The summed E-state index contributed by atoms with van der Waals surface area (Å²) >= 11 is 6.13. The molecule has 1 N–H and O–H groups in total. The van der Waals surface area contributed by atoms with Gasteiger partial charge in [0.1, 0.15) is 11.6 Å². The average molecular weight is 576 g/mol. The zero-order valence-corrected chi connectivity index (χ0v) is 23.9. The molecule has 4 heterocycles. The molecule has 0 bridgehead atoms. The lowest BCUT2D eigenvalue weighted by Gasteiger charge is -2.40. The molecule has 214 valence electrons. The number of fused-ring (bicyclic) bond motifs is 2. The molecule has 0 aromatic heterocycles. The van der Waals surface area contributed by atoms with Crippen LogP contribution in [0.1, 0.15) is 20.3 Å². The number of rotatable bonds is 6. The van der Waals surface area contributed by atoms with Gasteiger partial charge in [0.15, 0.2) is 0 Å². The van der Waals surface area contributed by atoms with E-state index in [0.717, 1.165) is 5.69 Å². The smallest absolute Gasteiger partial charge is 0.253 e. The molecule has 4 aliphatic heterocycles. The Labute approximate surface area is 244 Å². The van der Waals surface area contributed by atoms with Gasteiger partial charge in [-0.3, -0.25) is 14.4 Å². The van der Waals surface area contributed by atoms with E-state index >= 15 is 0 Å². The summed E-state index contributed by atoms with van der Waals surface area (Å²) in [5.41, 5.74) is 0.00180. The van der Waals surface area contributed by atoms with Crippen molar-refractivity contribution < 1.29 is 24.2 Å². The molecule has 7 atom stereocenters. The van der Waals surface area contributed by atoms with Gasteiger partial charge in [-0.15, -0.1) is 0 Å². The van der Waals surface area contributed by atoms with Crippen molar-refractivity contribution in [1.82, 2.24) is 4.90 Å². The van der Waals surface area contributed by atoms with Crippen LogP contribution in [0.5, 0.6) is 0 Å². The lowest BCUT2D eigenvalue weighted by molar-refractivity contribution is -0.145.